The van der Waals surface area contributed by atoms with Crippen molar-refractivity contribution in [3.63, 3.8) is 0 Å². The van der Waals surface area contributed by atoms with Crippen molar-refractivity contribution in [3.05, 3.63) is 98.5 Å². The Labute approximate surface area is 371 Å². The van der Waals surface area contributed by atoms with Crippen LogP contribution in [-0.4, -0.2) is 46.0 Å². The summed E-state index contributed by atoms with van der Waals surface area (Å²) in [5.41, 5.74) is 6.21. The molecule has 5 rings (SSSR count). The van der Waals surface area contributed by atoms with Gasteiger partial charge in [-0.3, -0.25) is 14.4 Å². The second-order valence-corrected chi connectivity index (χ2v) is 17.1. The van der Waals surface area contributed by atoms with Crippen LogP contribution in [-0.2, 0) is 19.1 Å². The lowest BCUT2D eigenvalue weighted by Crippen LogP contribution is -2.54. The lowest BCUT2D eigenvalue weighted by atomic mass is 9.99. The number of carbonyl (C=O) groups excluding carboxylic acids is 4. The maximum atomic E-state index is 14.3. The van der Waals surface area contributed by atoms with Crippen LogP contribution in [0, 0.1) is 5.92 Å². The zero-order valence-corrected chi connectivity index (χ0v) is 36.8. The first-order valence-electron chi connectivity index (χ1n) is 20.2. The fraction of sp³-hybridized carbons (Fsp3) is 0.432. The number of carbonyl (C=O) groups is 4. The molecule has 2 aliphatic rings. The highest BCUT2D eigenvalue weighted by atomic mass is 35.5. The number of nitrogens with two attached hydrogens (primary N) is 1. The third-order valence-corrected chi connectivity index (χ3v) is 11.7. The topological polar surface area (TPSA) is 126 Å². The molecule has 316 valence electrons. The molecule has 1 fully saturated rings. The van der Waals surface area contributed by atoms with E-state index in [9.17, 15) is 19.2 Å². The van der Waals surface area contributed by atoms with Gasteiger partial charge < -0.3 is 10.5 Å². The van der Waals surface area contributed by atoms with Gasteiger partial charge in [0.15, 0.2) is 0 Å². The average molecular weight is 906 g/mol. The van der Waals surface area contributed by atoms with Crippen LogP contribution in [0.1, 0.15) is 114 Å². The number of ether oxygens (including phenoxy) is 1. The molecule has 0 aliphatic carbocycles. The fourth-order valence-corrected chi connectivity index (χ4v) is 8.63. The Balaban J connectivity index is 1.31. The zero-order chi connectivity index (χ0) is 42.5. The first-order valence-corrected chi connectivity index (χ1v) is 22.2. The minimum absolute atomic E-state index is 0.0357. The number of para-hydroxylation sites is 1. The fourth-order valence-electron chi connectivity index (χ4n) is 7.14. The van der Waals surface area contributed by atoms with E-state index in [1.807, 2.05) is 0 Å². The number of nitrogen functional groups attached to an aromatic ring is 1. The van der Waals surface area contributed by atoms with Gasteiger partial charge >= 0.3 is 5.97 Å². The molecule has 3 amide bonds. The predicted octanol–water partition coefficient (Wildman–Crippen LogP) is 12.2. The van der Waals surface area contributed by atoms with Gasteiger partial charge in [0.1, 0.15) is 5.69 Å². The number of amides is 3. The van der Waals surface area contributed by atoms with Gasteiger partial charge in [0.05, 0.1) is 27.2 Å². The number of allylic oxidation sites excluding steroid dienone is 2. The summed E-state index contributed by atoms with van der Waals surface area (Å²) in [6, 6.07) is 15.3. The molecule has 2 N–H and O–H groups in total. The number of alkyl halides is 1. The molecule has 59 heavy (non-hydrogen) atoms. The highest BCUT2D eigenvalue weighted by Crippen LogP contribution is 2.40. The van der Waals surface area contributed by atoms with E-state index in [1.165, 1.54) is 93.1 Å². The number of benzene rings is 3. The molecule has 3 aromatic carbocycles. The molecule has 0 spiro atoms. The van der Waals surface area contributed by atoms with Crippen LogP contribution in [0.25, 0.3) is 0 Å². The van der Waals surface area contributed by atoms with Gasteiger partial charge in [0.2, 0.25) is 17.8 Å². The quantitative estimate of drug-likeness (QED) is 0.0282. The Bertz CT molecular complexity index is 1990. The molecule has 1 saturated heterocycles. The van der Waals surface area contributed by atoms with E-state index in [0.29, 0.717) is 6.42 Å². The molecule has 0 bridgehead atoms. The summed E-state index contributed by atoms with van der Waals surface area (Å²) < 4.78 is 5.82. The van der Waals surface area contributed by atoms with Crippen molar-refractivity contribution in [2.75, 3.05) is 15.8 Å². The van der Waals surface area contributed by atoms with Crippen molar-refractivity contribution in [3.8, 4) is 0 Å². The molecule has 0 radical (unpaired) electrons. The highest BCUT2D eigenvalue weighted by molar-refractivity contribution is 6.43. The molecule has 3 unspecified atom stereocenters. The molecule has 3 atom stereocenters. The Kier molecular flexibility index (Phi) is 17.8. The maximum Gasteiger partial charge on any atom is 0.341 e. The van der Waals surface area contributed by atoms with E-state index >= 15 is 0 Å². The van der Waals surface area contributed by atoms with Crippen LogP contribution in [0.15, 0.2) is 77.9 Å². The molecule has 15 heteroatoms. The SMILES string of the molecule is CCCCCCCCCCCCC=CCCC(Cl)CC1CC(=O)N(N(C2=NN(c3c(Cl)cc(Cl)cc3Cl)C(=O)C2OC(=O)c2cc(Cl)ccc2N)c2ccccc2)C1=O. The number of hydrogen-bond acceptors (Lipinski definition) is 8. The van der Waals surface area contributed by atoms with E-state index in [-0.39, 0.29) is 66.8 Å². The first-order chi connectivity index (χ1) is 28.4. The minimum Gasteiger partial charge on any atom is -0.440 e. The van der Waals surface area contributed by atoms with Gasteiger partial charge in [0.25, 0.3) is 11.8 Å². The summed E-state index contributed by atoms with van der Waals surface area (Å²) in [5.74, 6) is -4.09. The van der Waals surface area contributed by atoms with Crippen LogP contribution < -0.4 is 15.8 Å². The van der Waals surface area contributed by atoms with Gasteiger partial charge in [-0.1, -0.05) is 141 Å². The first kappa shape index (κ1) is 46.3. The summed E-state index contributed by atoms with van der Waals surface area (Å²) in [6.45, 7) is 2.24. The van der Waals surface area contributed by atoms with Gasteiger partial charge in [0, 0.05) is 27.5 Å². The van der Waals surface area contributed by atoms with Crippen LogP contribution in [0.4, 0.5) is 17.1 Å². The highest BCUT2D eigenvalue weighted by Gasteiger charge is 2.51. The molecular formula is C44H50Cl5N5O5. The third-order valence-electron chi connectivity index (χ3n) is 10.2. The summed E-state index contributed by atoms with van der Waals surface area (Å²) in [5, 5.41) is 7.44. The molecule has 10 nitrogen and oxygen atoms in total. The maximum absolute atomic E-state index is 14.3. The second kappa shape index (κ2) is 22.7. The number of nitrogens with zero attached hydrogens (tertiary/aromatic N) is 4. The number of amidine groups is 1. The number of esters is 1. The lowest BCUT2D eigenvalue weighted by molar-refractivity contribution is -0.139. The van der Waals surface area contributed by atoms with Crippen molar-refractivity contribution in [2.24, 2.45) is 11.0 Å². The van der Waals surface area contributed by atoms with E-state index in [2.05, 4.69) is 24.2 Å². The largest absolute Gasteiger partial charge is 0.440 e. The van der Waals surface area contributed by atoms with E-state index in [1.54, 1.807) is 30.3 Å². The van der Waals surface area contributed by atoms with E-state index in [4.69, 9.17) is 68.5 Å². The minimum atomic E-state index is -1.82. The van der Waals surface area contributed by atoms with Crippen molar-refractivity contribution in [1.82, 2.24) is 5.01 Å². The summed E-state index contributed by atoms with van der Waals surface area (Å²) in [4.78, 5) is 56.2. The van der Waals surface area contributed by atoms with E-state index < -0.39 is 35.7 Å². The van der Waals surface area contributed by atoms with Crippen molar-refractivity contribution in [2.45, 2.75) is 115 Å². The lowest BCUT2D eigenvalue weighted by Gasteiger charge is -2.33. The Morgan fingerprint density at radius 2 is 1.47 bits per heavy atom. The van der Waals surface area contributed by atoms with Gasteiger partial charge in [-0.25, -0.2) is 9.80 Å². The zero-order valence-electron chi connectivity index (χ0n) is 33.1. The van der Waals surface area contributed by atoms with Crippen molar-refractivity contribution in [1.29, 1.82) is 0 Å². The molecule has 2 aliphatic heterocycles. The molecule has 2 heterocycles. The Morgan fingerprint density at radius 1 is 0.847 bits per heavy atom. The van der Waals surface area contributed by atoms with Crippen LogP contribution >= 0.6 is 58.0 Å². The number of hydrazine groups is 1. The number of hydrazone groups is 1. The summed E-state index contributed by atoms with van der Waals surface area (Å²) >= 11 is 32.2. The van der Waals surface area contributed by atoms with Crippen LogP contribution in [0.5, 0.6) is 0 Å². The van der Waals surface area contributed by atoms with Gasteiger partial charge in [-0.05, 0) is 74.6 Å². The van der Waals surface area contributed by atoms with Crippen molar-refractivity contribution < 1.29 is 23.9 Å². The number of hydrogen-bond donors (Lipinski definition) is 1. The number of halogens is 5. The summed E-state index contributed by atoms with van der Waals surface area (Å²) in [6.07, 6.45) is 18.0. The number of unbranched alkanes of at least 4 members (excludes halogenated alkanes) is 10. The third kappa shape index (κ3) is 12.4. The molecule has 0 saturated carbocycles. The van der Waals surface area contributed by atoms with Crippen molar-refractivity contribution >= 4 is 105 Å². The Hall–Kier alpha value is -3.80. The molecule has 3 aromatic rings. The normalized spacial score (nSPS) is 17.3. The standard InChI is InChI=1S/C44H50Cl5N5O5/c1-2-3-4-5-6-7-8-9-10-11-12-13-14-16-19-30(45)24-29-25-38(55)54(42(29)56)53(33-20-17-15-18-21-33)41-40(59-44(58)34-26-31(46)22-23-37(34)50)43(57)52(51-41)39-35(48)27-32(47)28-36(39)49/h13-15,17-18,20-23,26-30,40H,2-12,16,19,24-25,50H2,1H3. The van der Waals surface area contributed by atoms with Crippen LogP contribution in [0.3, 0.4) is 0 Å². The Morgan fingerprint density at radius 3 is 2.14 bits per heavy atom. The predicted molar refractivity (Wildman–Crippen MR) is 239 cm³/mol. The number of anilines is 3. The smallest absolute Gasteiger partial charge is 0.341 e. The number of imide groups is 1. The van der Waals surface area contributed by atoms with Gasteiger partial charge in [-0.15, -0.1) is 16.7 Å². The second-order valence-electron chi connectivity index (χ2n) is 14.8. The average Bonchev–Trinajstić information content (AvgIpc) is 3.65. The van der Waals surface area contributed by atoms with Gasteiger partial charge in [-0.2, -0.15) is 10.0 Å². The number of rotatable bonds is 21. The van der Waals surface area contributed by atoms with E-state index in [0.717, 1.165) is 29.3 Å². The molecular weight excluding hydrogens is 856 g/mol. The monoisotopic (exact) mass is 903 g/mol. The molecule has 0 aromatic heterocycles. The van der Waals surface area contributed by atoms with Crippen LogP contribution in [0.2, 0.25) is 20.1 Å². The summed E-state index contributed by atoms with van der Waals surface area (Å²) in [7, 11) is 0.